The molecule has 3 rings (SSSR count). The number of nitrogens with zero attached hydrogens (tertiary/aromatic N) is 3. The van der Waals surface area contributed by atoms with Gasteiger partial charge < -0.3 is 4.74 Å². The van der Waals surface area contributed by atoms with Crippen LogP contribution in [-0.4, -0.2) is 60.7 Å². The summed E-state index contributed by atoms with van der Waals surface area (Å²) >= 11 is 0. The van der Waals surface area contributed by atoms with E-state index in [1.54, 1.807) is 0 Å². The second-order valence-electron chi connectivity index (χ2n) is 6.43. The fourth-order valence-corrected chi connectivity index (χ4v) is 3.78. The first-order valence-electron chi connectivity index (χ1n) is 7.54. The van der Waals surface area contributed by atoms with Crippen LogP contribution in [0.2, 0.25) is 0 Å². The van der Waals surface area contributed by atoms with Gasteiger partial charge in [0.25, 0.3) is 0 Å². The van der Waals surface area contributed by atoms with Gasteiger partial charge in [-0.1, -0.05) is 6.07 Å². The molecule has 3 heterocycles. The molecule has 0 bridgehead atoms. The summed E-state index contributed by atoms with van der Waals surface area (Å²) in [6, 6.07) is 6.16. The standard InChI is InChI=1S/C16H25N3O/c1-18-8-6-14(11-20-2)9-16(18)12-19(13-16)10-15-5-3-4-7-17-15/h3-5,7,14H,6,8-13H2,1-2H3. The van der Waals surface area contributed by atoms with E-state index in [2.05, 4.69) is 34.0 Å². The molecule has 1 atom stereocenters. The van der Waals surface area contributed by atoms with Gasteiger partial charge in [0.2, 0.25) is 0 Å². The van der Waals surface area contributed by atoms with Crippen LogP contribution in [0, 0.1) is 5.92 Å². The number of hydrogen-bond acceptors (Lipinski definition) is 4. The molecule has 20 heavy (non-hydrogen) atoms. The number of rotatable bonds is 4. The maximum Gasteiger partial charge on any atom is 0.0543 e. The predicted octanol–water partition coefficient (Wildman–Crippen LogP) is 1.62. The van der Waals surface area contributed by atoms with Gasteiger partial charge in [0.15, 0.2) is 0 Å². The Morgan fingerprint density at radius 1 is 1.40 bits per heavy atom. The van der Waals surface area contributed by atoms with Gasteiger partial charge in [0.05, 0.1) is 5.69 Å². The Bertz CT molecular complexity index is 431. The Morgan fingerprint density at radius 2 is 2.25 bits per heavy atom. The Labute approximate surface area is 121 Å². The van der Waals surface area contributed by atoms with Crippen LogP contribution >= 0.6 is 0 Å². The average Bonchev–Trinajstić information content (AvgIpc) is 2.42. The highest BCUT2D eigenvalue weighted by Crippen LogP contribution is 2.38. The van der Waals surface area contributed by atoms with Gasteiger partial charge in [-0.2, -0.15) is 0 Å². The Kier molecular flexibility index (Phi) is 4.06. The third-order valence-electron chi connectivity index (χ3n) is 4.90. The highest BCUT2D eigenvalue weighted by atomic mass is 16.5. The van der Waals surface area contributed by atoms with E-state index in [4.69, 9.17) is 4.74 Å². The number of pyridine rings is 1. The molecule has 0 aliphatic carbocycles. The molecule has 0 aromatic carbocycles. The highest BCUT2D eigenvalue weighted by Gasteiger charge is 2.49. The van der Waals surface area contributed by atoms with Crippen LogP contribution in [0.3, 0.4) is 0 Å². The van der Waals surface area contributed by atoms with Crippen molar-refractivity contribution in [2.45, 2.75) is 24.9 Å². The Balaban J connectivity index is 1.56. The van der Waals surface area contributed by atoms with Gasteiger partial charge in [0, 0.05) is 45.1 Å². The summed E-state index contributed by atoms with van der Waals surface area (Å²) in [5.74, 6) is 0.730. The molecule has 2 fully saturated rings. The molecule has 0 N–H and O–H groups in total. The first-order valence-corrected chi connectivity index (χ1v) is 7.54. The fourth-order valence-electron chi connectivity index (χ4n) is 3.78. The molecular weight excluding hydrogens is 250 g/mol. The van der Waals surface area contributed by atoms with E-state index in [9.17, 15) is 0 Å². The topological polar surface area (TPSA) is 28.6 Å². The quantitative estimate of drug-likeness (QED) is 0.835. The molecule has 1 spiro atoms. The number of aromatic nitrogens is 1. The second-order valence-corrected chi connectivity index (χ2v) is 6.43. The summed E-state index contributed by atoms with van der Waals surface area (Å²) in [5, 5.41) is 0. The van der Waals surface area contributed by atoms with Gasteiger partial charge in [-0.3, -0.25) is 14.8 Å². The minimum atomic E-state index is 0.385. The molecule has 1 aromatic rings. The maximum absolute atomic E-state index is 5.36. The van der Waals surface area contributed by atoms with E-state index in [0.717, 1.165) is 19.1 Å². The zero-order valence-electron chi connectivity index (χ0n) is 12.6. The number of likely N-dealkylation sites (tertiary alicyclic amines) is 2. The summed E-state index contributed by atoms with van der Waals surface area (Å²) < 4.78 is 5.36. The van der Waals surface area contributed by atoms with E-state index < -0.39 is 0 Å². The Hall–Kier alpha value is -0.970. The SMILES string of the molecule is COCC1CCN(C)C2(C1)CN(Cc1ccccn1)C2. The Morgan fingerprint density at radius 3 is 2.95 bits per heavy atom. The number of hydrogen-bond donors (Lipinski definition) is 0. The van der Waals surface area contributed by atoms with E-state index in [0.29, 0.717) is 5.54 Å². The fraction of sp³-hybridized carbons (Fsp3) is 0.688. The molecule has 0 saturated carbocycles. The zero-order valence-corrected chi connectivity index (χ0v) is 12.6. The van der Waals surface area contributed by atoms with Crippen LogP contribution in [-0.2, 0) is 11.3 Å². The predicted molar refractivity (Wildman–Crippen MR) is 79.5 cm³/mol. The first kappa shape index (κ1) is 14.0. The monoisotopic (exact) mass is 275 g/mol. The van der Waals surface area contributed by atoms with Crippen LogP contribution in [0.4, 0.5) is 0 Å². The molecule has 1 unspecified atom stereocenters. The molecular formula is C16H25N3O. The van der Waals surface area contributed by atoms with Crippen LogP contribution in [0.5, 0.6) is 0 Å². The van der Waals surface area contributed by atoms with Crippen molar-refractivity contribution in [3.63, 3.8) is 0 Å². The first-order chi connectivity index (χ1) is 9.72. The van der Waals surface area contributed by atoms with Crippen molar-refractivity contribution in [2.75, 3.05) is 40.4 Å². The summed E-state index contributed by atoms with van der Waals surface area (Å²) in [6.07, 6.45) is 4.43. The molecule has 0 radical (unpaired) electrons. The molecule has 2 aliphatic rings. The van der Waals surface area contributed by atoms with Crippen molar-refractivity contribution in [1.82, 2.24) is 14.8 Å². The summed E-state index contributed by atoms with van der Waals surface area (Å²) in [6.45, 7) is 5.42. The molecule has 2 saturated heterocycles. The lowest BCUT2D eigenvalue weighted by atomic mass is 9.75. The van der Waals surface area contributed by atoms with E-state index >= 15 is 0 Å². The van der Waals surface area contributed by atoms with E-state index in [1.165, 1.54) is 38.2 Å². The van der Waals surface area contributed by atoms with Gasteiger partial charge in [-0.05, 0) is 44.5 Å². The smallest absolute Gasteiger partial charge is 0.0543 e. The molecule has 2 aliphatic heterocycles. The van der Waals surface area contributed by atoms with Crippen LogP contribution in [0.25, 0.3) is 0 Å². The van der Waals surface area contributed by atoms with Gasteiger partial charge in [-0.15, -0.1) is 0 Å². The molecule has 4 nitrogen and oxygen atoms in total. The van der Waals surface area contributed by atoms with Crippen molar-refractivity contribution in [3.05, 3.63) is 30.1 Å². The van der Waals surface area contributed by atoms with E-state index in [-0.39, 0.29) is 0 Å². The maximum atomic E-state index is 5.36. The lowest BCUT2D eigenvalue weighted by molar-refractivity contribution is -0.0909. The van der Waals surface area contributed by atoms with Crippen molar-refractivity contribution >= 4 is 0 Å². The lowest BCUT2D eigenvalue weighted by Crippen LogP contribution is -2.71. The van der Waals surface area contributed by atoms with Crippen LogP contribution in [0.15, 0.2) is 24.4 Å². The summed E-state index contributed by atoms with van der Waals surface area (Å²) in [7, 11) is 4.10. The van der Waals surface area contributed by atoms with Crippen LogP contribution in [0.1, 0.15) is 18.5 Å². The molecule has 0 amide bonds. The number of methoxy groups -OCH3 is 1. The second kappa shape index (κ2) is 5.80. The number of ether oxygens (including phenoxy) is 1. The number of piperidine rings is 1. The van der Waals surface area contributed by atoms with Crippen molar-refractivity contribution in [3.8, 4) is 0 Å². The zero-order chi connectivity index (χ0) is 14.0. The van der Waals surface area contributed by atoms with Gasteiger partial charge in [-0.25, -0.2) is 0 Å². The lowest BCUT2D eigenvalue weighted by Gasteiger charge is -2.58. The summed E-state index contributed by atoms with van der Waals surface area (Å²) in [5.41, 5.74) is 1.56. The summed E-state index contributed by atoms with van der Waals surface area (Å²) in [4.78, 5) is 9.49. The number of likely N-dealkylation sites (N-methyl/N-ethyl adjacent to an activating group) is 1. The van der Waals surface area contributed by atoms with Crippen LogP contribution < -0.4 is 0 Å². The molecule has 1 aromatic heterocycles. The third-order valence-corrected chi connectivity index (χ3v) is 4.90. The van der Waals surface area contributed by atoms with Crippen molar-refractivity contribution in [2.24, 2.45) is 5.92 Å². The van der Waals surface area contributed by atoms with Crippen molar-refractivity contribution in [1.29, 1.82) is 0 Å². The minimum absolute atomic E-state index is 0.385. The minimum Gasteiger partial charge on any atom is -0.384 e. The van der Waals surface area contributed by atoms with Gasteiger partial charge in [0.1, 0.15) is 0 Å². The third kappa shape index (κ3) is 2.73. The average molecular weight is 275 g/mol. The van der Waals surface area contributed by atoms with Gasteiger partial charge >= 0.3 is 0 Å². The largest absolute Gasteiger partial charge is 0.384 e. The normalized spacial score (nSPS) is 26.6. The van der Waals surface area contributed by atoms with E-state index in [1.807, 2.05) is 19.4 Å². The molecule has 110 valence electrons. The molecule has 4 heteroatoms. The van der Waals surface area contributed by atoms with Crippen molar-refractivity contribution < 1.29 is 4.74 Å². The highest BCUT2D eigenvalue weighted by molar-refractivity contribution is 5.10.